The molecule has 80 valence electrons. The normalized spacial score (nSPS) is 11.3. The van der Waals surface area contributed by atoms with Crippen LogP contribution in [-0.4, -0.2) is 19.6 Å². The van der Waals surface area contributed by atoms with Gasteiger partial charge in [0.2, 0.25) is 5.78 Å². The van der Waals surface area contributed by atoms with Crippen molar-refractivity contribution >= 4 is 16.7 Å². The van der Waals surface area contributed by atoms with Crippen molar-refractivity contribution in [3.8, 4) is 0 Å². The molecule has 0 radical (unpaired) electrons. The molecule has 0 bridgehead atoms. The molecule has 0 aliphatic heterocycles. The number of aromatic amines is 1. The third-order valence-corrected chi connectivity index (χ3v) is 2.66. The van der Waals surface area contributed by atoms with E-state index in [2.05, 4.69) is 15.2 Å². The molecule has 0 spiro atoms. The van der Waals surface area contributed by atoms with Crippen molar-refractivity contribution in [3.63, 3.8) is 0 Å². The average Bonchev–Trinajstić information content (AvgIpc) is 2.72. The zero-order valence-electron chi connectivity index (χ0n) is 8.77. The highest BCUT2D eigenvalue weighted by atomic mass is 16.1. The second-order valence-electron chi connectivity index (χ2n) is 3.60. The number of aryl methyl sites for hydroxylation is 1. The van der Waals surface area contributed by atoms with Gasteiger partial charge in [0, 0.05) is 6.42 Å². The van der Waals surface area contributed by atoms with Crippen molar-refractivity contribution in [2.24, 2.45) is 0 Å². The van der Waals surface area contributed by atoms with Gasteiger partial charge in [0.15, 0.2) is 0 Å². The van der Waals surface area contributed by atoms with Gasteiger partial charge in [-0.05, 0) is 12.1 Å². The Morgan fingerprint density at radius 1 is 1.31 bits per heavy atom. The molecule has 2 aromatic heterocycles. The van der Waals surface area contributed by atoms with Crippen LogP contribution in [0.25, 0.3) is 16.7 Å². The molecule has 0 saturated heterocycles. The number of hydrogen-bond acceptors (Lipinski definition) is 3. The summed E-state index contributed by atoms with van der Waals surface area (Å²) in [6, 6.07) is 7.45. The first-order valence-electron chi connectivity index (χ1n) is 5.16. The van der Waals surface area contributed by atoms with Crippen LogP contribution in [-0.2, 0) is 6.42 Å². The summed E-state index contributed by atoms with van der Waals surface area (Å²) in [6.07, 6.45) is 0.775. The van der Waals surface area contributed by atoms with E-state index in [1.165, 1.54) is 0 Å². The number of aromatic nitrogens is 4. The van der Waals surface area contributed by atoms with Gasteiger partial charge in [-0.3, -0.25) is 14.2 Å². The summed E-state index contributed by atoms with van der Waals surface area (Å²) < 4.78 is 1.89. The summed E-state index contributed by atoms with van der Waals surface area (Å²) in [5.74, 6) is 1.35. The van der Waals surface area contributed by atoms with Gasteiger partial charge in [0.05, 0.1) is 10.9 Å². The van der Waals surface area contributed by atoms with Gasteiger partial charge in [0.25, 0.3) is 5.56 Å². The molecule has 0 saturated carbocycles. The lowest BCUT2D eigenvalue weighted by molar-refractivity contribution is 0.921. The zero-order chi connectivity index (χ0) is 11.1. The van der Waals surface area contributed by atoms with E-state index >= 15 is 0 Å². The van der Waals surface area contributed by atoms with Crippen molar-refractivity contribution in [2.75, 3.05) is 0 Å². The molecule has 0 amide bonds. The molecule has 0 aliphatic carbocycles. The first-order valence-corrected chi connectivity index (χ1v) is 5.16. The Kier molecular flexibility index (Phi) is 1.80. The van der Waals surface area contributed by atoms with Crippen LogP contribution in [0.4, 0.5) is 0 Å². The number of rotatable bonds is 1. The van der Waals surface area contributed by atoms with E-state index in [9.17, 15) is 4.79 Å². The minimum absolute atomic E-state index is 0.127. The average molecular weight is 214 g/mol. The second-order valence-corrected chi connectivity index (χ2v) is 3.60. The summed E-state index contributed by atoms with van der Waals surface area (Å²) in [4.78, 5) is 14.5. The van der Waals surface area contributed by atoms with Crippen LogP contribution in [0.15, 0.2) is 29.1 Å². The lowest BCUT2D eigenvalue weighted by Crippen LogP contribution is -2.10. The highest BCUT2D eigenvalue weighted by Crippen LogP contribution is 2.12. The number of nitrogens with zero attached hydrogens (tertiary/aromatic N) is 3. The first-order chi connectivity index (χ1) is 7.81. The van der Waals surface area contributed by atoms with Crippen molar-refractivity contribution in [3.05, 3.63) is 40.4 Å². The number of para-hydroxylation sites is 1. The van der Waals surface area contributed by atoms with Crippen molar-refractivity contribution < 1.29 is 0 Å². The quantitative estimate of drug-likeness (QED) is 0.660. The lowest BCUT2D eigenvalue weighted by Gasteiger charge is -2.02. The summed E-state index contributed by atoms with van der Waals surface area (Å²) >= 11 is 0. The van der Waals surface area contributed by atoms with Crippen molar-refractivity contribution in [2.45, 2.75) is 13.3 Å². The van der Waals surface area contributed by atoms with Gasteiger partial charge in [-0.15, -0.1) is 10.2 Å². The predicted molar refractivity (Wildman–Crippen MR) is 60.5 cm³/mol. The van der Waals surface area contributed by atoms with Gasteiger partial charge in [-0.2, -0.15) is 0 Å². The van der Waals surface area contributed by atoms with Gasteiger partial charge < -0.3 is 0 Å². The third kappa shape index (κ3) is 1.08. The molecule has 3 aromatic rings. The van der Waals surface area contributed by atoms with E-state index in [4.69, 9.17) is 0 Å². The van der Waals surface area contributed by atoms with Crippen LogP contribution in [0.3, 0.4) is 0 Å². The fourth-order valence-corrected chi connectivity index (χ4v) is 1.91. The zero-order valence-corrected chi connectivity index (χ0v) is 8.77. The monoisotopic (exact) mass is 214 g/mol. The molecule has 0 fully saturated rings. The number of hydrogen-bond donors (Lipinski definition) is 1. The van der Waals surface area contributed by atoms with E-state index in [-0.39, 0.29) is 5.56 Å². The van der Waals surface area contributed by atoms with Crippen molar-refractivity contribution in [1.29, 1.82) is 0 Å². The highest BCUT2D eigenvalue weighted by molar-refractivity contribution is 5.79. The topological polar surface area (TPSA) is 63.0 Å². The number of fused-ring (bicyclic) bond motifs is 3. The summed E-state index contributed by atoms with van der Waals surface area (Å²) in [5, 5.41) is 8.66. The Hall–Kier alpha value is -2.17. The Bertz CT molecular complexity index is 726. The second kappa shape index (κ2) is 3.16. The SMILES string of the molecule is CCc1nnc2[nH]c(=O)c3ccccc3n12. The van der Waals surface area contributed by atoms with Crippen LogP contribution in [0, 0.1) is 0 Å². The van der Waals surface area contributed by atoms with Crippen LogP contribution >= 0.6 is 0 Å². The van der Waals surface area contributed by atoms with E-state index in [0.717, 1.165) is 17.8 Å². The fraction of sp³-hybridized carbons (Fsp3) is 0.182. The van der Waals surface area contributed by atoms with Crippen LogP contribution < -0.4 is 5.56 Å². The Balaban J connectivity index is 2.64. The van der Waals surface area contributed by atoms with E-state index in [0.29, 0.717) is 11.2 Å². The number of nitrogens with one attached hydrogen (secondary N) is 1. The molecule has 0 atom stereocenters. The van der Waals surface area contributed by atoms with Crippen molar-refractivity contribution in [1.82, 2.24) is 19.6 Å². The van der Waals surface area contributed by atoms with Gasteiger partial charge in [-0.1, -0.05) is 19.1 Å². The smallest absolute Gasteiger partial charge is 0.260 e. The summed E-state index contributed by atoms with van der Waals surface area (Å²) in [7, 11) is 0. The van der Waals surface area contributed by atoms with Gasteiger partial charge >= 0.3 is 0 Å². The molecule has 5 heteroatoms. The standard InChI is InChI=1S/C11H10N4O/c1-2-9-13-14-11-12-10(16)7-5-3-4-6-8(7)15(9)11/h3-6H,2H2,1H3,(H,12,14,16). The molecule has 16 heavy (non-hydrogen) atoms. The molecule has 2 heterocycles. The summed E-state index contributed by atoms with van der Waals surface area (Å²) in [5.41, 5.74) is 0.723. The van der Waals surface area contributed by atoms with Gasteiger partial charge in [0.1, 0.15) is 5.82 Å². The molecule has 1 aromatic carbocycles. The third-order valence-electron chi connectivity index (χ3n) is 2.66. The maximum Gasteiger partial charge on any atom is 0.260 e. The molecule has 1 N–H and O–H groups in total. The van der Waals surface area contributed by atoms with Crippen LogP contribution in [0.5, 0.6) is 0 Å². The fourth-order valence-electron chi connectivity index (χ4n) is 1.91. The largest absolute Gasteiger partial charge is 0.290 e. The summed E-state index contributed by atoms with van der Waals surface area (Å²) in [6.45, 7) is 2.01. The van der Waals surface area contributed by atoms with Crippen LogP contribution in [0.2, 0.25) is 0 Å². The number of benzene rings is 1. The van der Waals surface area contributed by atoms with E-state index in [1.54, 1.807) is 6.07 Å². The molecule has 5 nitrogen and oxygen atoms in total. The van der Waals surface area contributed by atoms with E-state index in [1.807, 2.05) is 29.5 Å². The highest BCUT2D eigenvalue weighted by Gasteiger charge is 2.09. The Morgan fingerprint density at radius 3 is 2.94 bits per heavy atom. The number of H-pyrrole nitrogens is 1. The maximum absolute atomic E-state index is 11.8. The minimum atomic E-state index is -0.127. The predicted octanol–water partition coefficient (Wildman–Crippen LogP) is 1.13. The Labute approximate surface area is 90.8 Å². The van der Waals surface area contributed by atoms with Crippen LogP contribution in [0.1, 0.15) is 12.7 Å². The first kappa shape index (κ1) is 9.08. The maximum atomic E-state index is 11.8. The lowest BCUT2D eigenvalue weighted by atomic mass is 10.2. The van der Waals surface area contributed by atoms with Gasteiger partial charge in [-0.25, -0.2) is 0 Å². The molecule has 3 rings (SSSR count). The molecule has 0 aliphatic rings. The molecule has 0 unspecified atom stereocenters. The van der Waals surface area contributed by atoms with E-state index < -0.39 is 0 Å². The minimum Gasteiger partial charge on any atom is -0.290 e. The molecular weight excluding hydrogens is 204 g/mol. The molecular formula is C11H10N4O. The Morgan fingerprint density at radius 2 is 2.12 bits per heavy atom.